The number of aliphatic hydroxyl groups is 1. The molecule has 0 aliphatic heterocycles. The molecule has 5 heteroatoms. The van der Waals surface area contributed by atoms with Crippen molar-refractivity contribution >= 4 is 15.9 Å². The molecule has 1 atom stereocenters. The van der Waals surface area contributed by atoms with Gasteiger partial charge in [0.25, 0.3) is 0 Å². The Kier molecular flexibility index (Phi) is 4.83. The molecule has 0 amide bonds. The molecule has 0 saturated heterocycles. The smallest absolute Gasteiger partial charge is 0.119 e. The summed E-state index contributed by atoms with van der Waals surface area (Å²) in [6.07, 6.45) is 1.80. The van der Waals surface area contributed by atoms with E-state index >= 15 is 0 Å². The number of aromatic nitrogens is 2. The highest BCUT2D eigenvalue weighted by molar-refractivity contribution is 9.10. The van der Waals surface area contributed by atoms with Gasteiger partial charge in [-0.25, -0.2) is 0 Å². The number of aliphatic hydroxyl groups excluding tert-OH is 1. The van der Waals surface area contributed by atoms with Gasteiger partial charge in [-0.2, -0.15) is 5.10 Å². The van der Waals surface area contributed by atoms with Crippen LogP contribution in [0.5, 0.6) is 5.75 Å². The van der Waals surface area contributed by atoms with Crippen molar-refractivity contribution in [1.29, 1.82) is 0 Å². The van der Waals surface area contributed by atoms with Crippen LogP contribution in [0.25, 0.3) is 0 Å². The number of halogens is 1. The van der Waals surface area contributed by atoms with E-state index in [-0.39, 0.29) is 0 Å². The van der Waals surface area contributed by atoms with Gasteiger partial charge in [0, 0.05) is 23.1 Å². The lowest BCUT2D eigenvalue weighted by atomic mass is 10.0. The molecule has 2 aromatic rings. The minimum atomic E-state index is -0.616. The number of nitrogens with zero attached hydrogens (tertiary/aromatic N) is 2. The molecule has 2 rings (SSSR count). The molecular formula is C15H19BrN2O2. The van der Waals surface area contributed by atoms with Crippen molar-refractivity contribution in [2.45, 2.75) is 32.4 Å². The molecular weight excluding hydrogens is 320 g/mol. The highest BCUT2D eigenvalue weighted by atomic mass is 79.9. The Morgan fingerprint density at radius 3 is 2.70 bits per heavy atom. The van der Waals surface area contributed by atoms with Crippen molar-refractivity contribution in [1.82, 2.24) is 9.78 Å². The van der Waals surface area contributed by atoms with Crippen LogP contribution < -0.4 is 4.74 Å². The van der Waals surface area contributed by atoms with Crippen LogP contribution in [0, 0.1) is 0 Å². The minimum Gasteiger partial charge on any atom is -0.497 e. The lowest BCUT2D eigenvalue weighted by Crippen LogP contribution is -2.06. The Balaban J connectivity index is 2.16. The number of hydrogen-bond donors (Lipinski definition) is 1. The Labute approximate surface area is 127 Å². The second-order valence-electron chi connectivity index (χ2n) is 4.99. The second kappa shape index (κ2) is 6.41. The van der Waals surface area contributed by atoms with Gasteiger partial charge in [-0.1, -0.05) is 15.9 Å². The number of benzene rings is 1. The molecule has 1 N–H and O–H groups in total. The van der Waals surface area contributed by atoms with E-state index in [1.165, 1.54) is 0 Å². The van der Waals surface area contributed by atoms with Crippen LogP contribution in [0.4, 0.5) is 0 Å². The molecule has 1 heterocycles. The number of rotatable bonds is 5. The van der Waals surface area contributed by atoms with Gasteiger partial charge < -0.3 is 9.84 Å². The van der Waals surface area contributed by atoms with Crippen LogP contribution in [0.3, 0.4) is 0 Å². The maximum absolute atomic E-state index is 10.4. The topological polar surface area (TPSA) is 47.3 Å². The standard InChI is InChI=1S/C15H19BrN2O2/c1-10(2)18-7-6-11(17-18)8-15(19)13-9-12(20-3)4-5-14(13)16/h4-7,9-10,15,19H,8H2,1-3H3. The predicted octanol–water partition coefficient (Wildman–Crippen LogP) is 3.51. The first-order valence-electron chi connectivity index (χ1n) is 6.56. The molecule has 0 aliphatic rings. The molecule has 1 unspecified atom stereocenters. The molecule has 0 bridgehead atoms. The van der Waals surface area contributed by atoms with Gasteiger partial charge in [0.15, 0.2) is 0 Å². The van der Waals surface area contributed by atoms with Gasteiger partial charge >= 0.3 is 0 Å². The third-order valence-electron chi connectivity index (χ3n) is 3.16. The monoisotopic (exact) mass is 338 g/mol. The zero-order valence-corrected chi connectivity index (χ0v) is 13.5. The molecule has 0 fully saturated rings. The third kappa shape index (κ3) is 3.41. The molecule has 20 heavy (non-hydrogen) atoms. The van der Waals surface area contributed by atoms with Crippen molar-refractivity contribution in [3.63, 3.8) is 0 Å². The molecule has 1 aromatic heterocycles. The fraction of sp³-hybridized carbons (Fsp3) is 0.400. The summed E-state index contributed by atoms with van der Waals surface area (Å²) in [5, 5.41) is 14.8. The summed E-state index contributed by atoms with van der Waals surface area (Å²) >= 11 is 3.46. The van der Waals surface area contributed by atoms with Gasteiger partial charge in [0.2, 0.25) is 0 Å². The van der Waals surface area contributed by atoms with Crippen LogP contribution >= 0.6 is 15.9 Å². The maximum atomic E-state index is 10.4. The summed E-state index contributed by atoms with van der Waals surface area (Å²) < 4.78 is 7.96. The molecule has 0 radical (unpaired) electrons. The second-order valence-corrected chi connectivity index (χ2v) is 5.84. The number of methoxy groups -OCH3 is 1. The summed E-state index contributed by atoms with van der Waals surface area (Å²) in [6, 6.07) is 7.84. The predicted molar refractivity (Wildman–Crippen MR) is 82.0 cm³/mol. The van der Waals surface area contributed by atoms with Crippen LogP contribution in [0.2, 0.25) is 0 Å². The summed E-state index contributed by atoms with van der Waals surface area (Å²) in [4.78, 5) is 0. The molecule has 0 aliphatic carbocycles. The Hall–Kier alpha value is -1.33. The van der Waals surface area contributed by atoms with Crippen LogP contribution in [0.15, 0.2) is 34.9 Å². The SMILES string of the molecule is COc1ccc(Br)c(C(O)Cc2ccn(C(C)C)n2)c1. The molecule has 0 saturated carbocycles. The Morgan fingerprint density at radius 1 is 1.35 bits per heavy atom. The summed E-state index contributed by atoms with van der Waals surface area (Å²) in [5.74, 6) is 0.731. The third-order valence-corrected chi connectivity index (χ3v) is 3.88. The van der Waals surface area contributed by atoms with Gasteiger partial charge in [-0.05, 0) is 43.7 Å². The quantitative estimate of drug-likeness (QED) is 0.907. The van der Waals surface area contributed by atoms with E-state index in [4.69, 9.17) is 4.74 Å². The largest absolute Gasteiger partial charge is 0.497 e. The summed E-state index contributed by atoms with van der Waals surface area (Å²) in [6.45, 7) is 4.15. The fourth-order valence-electron chi connectivity index (χ4n) is 1.99. The van der Waals surface area contributed by atoms with Gasteiger partial charge in [0.1, 0.15) is 5.75 Å². The Morgan fingerprint density at radius 2 is 2.10 bits per heavy atom. The molecule has 108 valence electrons. The highest BCUT2D eigenvalue weighted by Crippen LogP contribution is 2.29. The van der Waals surface area contributed by atoms with Crippen LogP contribution in [-0.4, -0.2) is 22.0 Å². The van der Waals surface area contributed by atoms with Crippen molar-refractivity contribution in [3.8, 4) is 5.75 Å². The van der Waals surface area contributed by atoms with Gasteiger partial charge in [0.05, 0.1) is 18.9 Å². The summed E-state index contributed by atoms with van der Waals surface area (Å²) in [7, 11) is 1.61. The van der Waals surface area contributed by atoms with E-state index in [9.17, 15) is 5.11 Å². The first-order chi connectivity index (χ1) is 9.51. The summed E-state index contributed by atoms with van der Waals surface area (Å²) in [5.41, 5.74) is 1.68. The van der Waals surface area contributed by atoms with E-state index in [1.54, 1.807) is 7.11 Å². The normalized spacial score (nSPS) is 12.7. The van der Waals surface area contributed by atoms with E-state index in [0.29, 0.717) is 12.5 Å². The highest BCUT2D eigenvalue weighted by Gasteiger charge is 2.15. The van der Waals surface area contributed by atoms with Crippen molar-refractivity contribution in [3.05, 3.63) is 46.2 Å². The molecule has 1 aromatic carbocycles. The molecule has 4 nitrogen and oxygen atoms in total. The minimum absolute atomic E-state index is 0.324. The van der Waals surface area contributed by atoms with E-state index < -0.39 is 6.10 Å². The lowest BCUT2D eigenvalue weighted by molar-refractivity contribution is 0.175. The Bertz CT molecular complexity index is 581. The van der Waals surface area contributed by atoms with Crippen molar-refractivity contribution in [2.75, 3.05) is 7.11 Å². The van der Waals surface area contributed by atoms with E-state index in [2.05, 4.69) is 34.9 Å². The van der Waals surface area contributed by atoms with Crippen LogP contribution in [0.1, 0.15) is 37.3 Å². The maximum Gasteiger partial charge on any atom is 0.119 e. The zero-order chi connectivity index (χ0) is 14.7. The van der Waals surface area contributed by atoms with Crippen molar-refractivity contribution in [2.24, 2.45) is 0 Å². The lowest BCUT2D eigenvalue weighted by Gasteiger charge is -2.13. The first kappa shape index (κ1) is 15.1. The average Bonchev–Trinajstić information content (AvgIpc) is 2.88. The fourth-order valence-corrected chi connectivity index (χ4v) is 2.50. The van der Waals surface area contributed by atoms with Crippen LogP contribution in [-0.2, 0) is 6.42 Å². The number of ether oxygens (including phenoxy) is 1. The zero-order valence-electron chi connectivity index (χ0n) is 11.9. The van der Waals surface area contributed by atoms with Gasteiger partial charge in [-0.3, -0.25) is 4.68 Å². The first-order valence-corrected chi connectivity index (χ1v) is 7.36. The van der Waals surface area contributed by atoms with Gasteiger partial charge in [-0.15, -0.1) is 0 Å². The molecule has 0 spiro atoms. The van der Waals surface area contributed by atoms with E-state index in [1.807, 2.05) is 35.1 Å². The van der Waals surface area contributed by atoms with E-state index in [0.717, 1.165) is 21.5 Å². The van der Waals surface area contributed by atoms with Crippen molar-refractivity contribution < 1.29 is 9.84 Å². The number of hydrogen-bond acceptors (Lipinski definition) is 3. The average molecular weight is 339 g/mol.